The summed E-state index contributed by atoms with van der Waals surface area (Å²) in [5, 5.41) is 13.1. The van der Waals surface area contributed by atoms with E-state index in [4.69, 9.17) is 4.52 Å². The van der Waals surface area contributed by atoms with Crippen LogP contribution in [0.1, 0.15) is 31.6 Å². The molecule has 1 aliphatic rings. The van der Waals surface area contributed by atoms with E-state index in [-0.39, 0.29) is 5.92 Å². The molecule has 0 amide bonds. The zero-order valence-electron chi connectivity index (χ0n) is 10.9. The summed E-state index contributed by atoms with van der Waals surface area (Å²) < 4.78 is 5.23. The molecule has 3 atom stereocenters. The third-order valence-electron chi connectivity index (χ3n) is 3.64. The number of carboxylic acid groups (broad SMARTS) is 1. The second-order valence-corrected chi connectivity index (χ2v) is 5.16. The molecule has 2 heterocycles. The average molecular weight is 274 g/mol. The quantitative estimate of drug-likeness (QED) is 0.909. The first-order chi connectivity index (χ1) is 9.65. The van der Waals surface area contributed by atoms with Crippen molar-refractivity contribution in [3.8, 4) is 11.6 Å². The lowest BCUT2D eigenvalue weighted by Gasteiger charge is -2.09. The summed E-state index contributed by atoms with van der Waals surface area (Å²) in [4.78, 5) is 23.6. The third-order valence-corrected chi connectivity index (χ3v) is 3.64. The lowest BCUT2D eigenvalue weighted by molar-refractivity contribution is -0.142. The van der Waals surface area contributed by atoms with Gasteiger partial charge >= 0.3 is 5.97 Å². The van der Waals surface area contributed by atoms with Crippen molar-refractivity contribution < 1.29 is 14.4 Å². The molecule has 7 nitrogen and oxygen atoms in total. The lowest BCUT2D eigenvalue weighted by atomic mass is 9.96. The summed E-state index contributed by atoms with van der Waals surface area (Å²) >= 11 is 0. The van der Waals surface area contributed by atoms with Crippen LogP contribution in [0.15, 0.2) is 23.0 Å². The minimum atomic E-state index is -0.810. The van der Waals surface area contributed by atoms with Gasteiger partial charge in [0, 0.05) is 12.4 Å². The van der Waals surface area contributed by atoms with Crippen molar-refractivity contribution in [3.63, 3.8) is 0 Å². The van der Waals surface area contributed by atoms with E-state index >= 15 is 0 Å². The number of aliphatic carboxylic acids is 1. The molecular formula is C13H14N4O3. The molecular weight excluding hydrogens is 260 g/mol. The van der Waals surface area contributed by atoms with Gasteiger partial charge in [-0.2, -0.15) is 4.98 Å². The molecule has 3 rings (SSSR count). The molecule has 0 bridgehead atoms. The molecule has 0 spiro atoms. The molecule has 20 heavy (non-hydrogen) atoms. The van der Waals surface area contributed by atoms with Gasteiger partial charge in [-0.3, -0.25) is 4.79 Å². The maximum atomic E-state index is 11.3. The molecule has 104 valence electrons. The van der Waals surface area contributed by atoms with E-state index in [1.54, 1.807) is 18.5 Å². The van der Waals surface area contributed by atoms with Crippen molar-refractivity contribution in [1.82, 2.24) is 20.1 Å². The largest absolute Gasteiger partial charge is 0.481 e. The molecule has 1 aliphatic carbocycles. The molecule has 0 aromatic carbocycles. The molecule has 0 radical (unpaired) electrons. The Kier molecular flexibility index (Phi) is 3.17. The fourth-order valence-electron chi connectivity index (χ4n) is 2.73. The number of rotatable bonds is 3. The SMILES string of the molecule is CC1CC(C(=O)O)C(c2nc(-c3ncccn3)no2)C1. The van der Waals surface area contributed by atoms with Crippen LogP contribution in [-0.2, 0) is 4.79 Å². The molecule has 7 heteroatoms. The summed E-state index contributed by atoms with van der Waals surface area (Å²) in [6.07, 6.45) is 4.57. The van der Waals surface area contributed by atoms with Crippen LogP contribution in [0, 0.1) is 11.8 Å². The van der Waals surface area contributed by atoms with Crippen LogP contribution >= 0.6 is 0 Å². The number of hydrogen-bond donors (Lipinski definition) is 1. The van der Waals surface area contributed by atoms with Gasteiger partial charge in [0.1, 0.15) is 0 Å². The van der Waals surface area contributed by atoms with Crippen molar-refractivity contribution in [1.29, 1.82) is 0 Å². The van der Waals surface area contributed by atoms with Gasteiger partial charge in [0.05, 0.1) is 11.8 Å². The van der Waals surface area contributed by atoms with Gasteiger partial charge in [-0.15, -0.1) is 0 Å². The minimum absolute atomic E-state index is 0.229. The Morgan fingerprint density at radius 3 is 2.75 bits per heavy atom. The molecule has 0 saturated heterocycles. The summed E-state index contributed by atoms with van der Waals surface area (Å²) in [7, 11) is 0. The molecule has 0 aliphatic heterocycles. The fraction of sp³-hybridized carbons (Fsp3) is 0.462. The van der Waals surface area contributed by atoms with Crippen molar-refractivity contribution in [2.75, 3.05) is 0 Å². The number of carbonyl (C=O) groups is 1. The standard InChI is InChI=1S/C13H14N4O3/c1-7-5-8(9(6-7)13(18)19)12-16-11(17-20-12)10-14-3-2-4-15-10/h2-4,7-9H,5-6H2,1H3,(H,18,19). The van der Waals surface area contributed by atoms with Gasteiger partial charge in [0.15, 0.2) is 0 Å². The van der Waals surface area contributed by atoms with Gasteiger partial charge in [-0.1, -0.05) is 12.1 Å². The van der Waals surface area contributed by atoms with E-state index in [2.05, 4.69) is 20.1 Å². The van der Waals surface area contributed by atoms with Crippen molar-refractivity contribution in [3.05, 3.63) is 24.4 Å². The van der Waals surface area contributed by atoms with E-state index in [9.17, 15) is 9.90 Å². The first kappa shape index (κ1) is 12.7. The number of hydrogen-bond acceptors (Lipinski definition) is 6. The first-order valence-electron chi connectivity index (χ1n) is 6.49. The van der Waals surface area contributed by atoms with E-state index in [0.29, 0.717) is 29.9 Å². The van der Waals surface area contributed by atoms with E-state index in [1.807, 2.05) is 6.92 Å². The molecule has 2 aromatic heterocycles. The number of carboxylic acids is 1. The molecule has 1 saturated carbocycles. The van der Waals surface area contributed by atoms with Crippen LogP contribution < -0.4 is 0 Å². The van der Waals surface area contributed by atoms with E-state index < -0.39 is 11.9 Å². The molecule has 1 N–H and O–H groups in total. The van der Waals surface area contributed by atoms with E-state index in [1.165, 1.54) is 0 Å². The Labute approximate surface area is 115 Å². The van der Waals surface area contributed by atoms with E-state index in [0.717, 1.165) is 6.42 Å². The highest BCUT2D eigenvalue weighted by molar-refractivity contribution is 5.71. The van der Waals surface area contributed by atoms with Gasteiger partial charge < -0.3 is 9.63 Å². The Bertz CT molecular complexity index is 613. The lowest BCUT2D eigenvalue weighted by Crippen LogP contribution is -2.17. The normalized spacial score (nSPS) is 25.8. The number of aromatic nitrogens is 4. The number of nitrogens with zero attached hydrogens (tertiary/aromatic N) is 4. The van der Waals surface area contributed by atoms with Gasteiger partial charge in [-0.25, -0.2) is 9.97 Å². The Morgan fingerprint density at radius 2 is 2.05 bits per heavy atom. The highest BCUT2D eigenvalue weighted by Crippen LogP contribution is 2.42. The monoisotopic (exact) mass is 274 g/mol. The molecule has 3 unspecified atom stereocenters. The molecule has 1 fully saturated rings. The second kappa shape index (κ2) is 4.99. The first-order valence-corrected chi connectivity index (χ1v) is 6.49. The zero-order chi connectivity index (χ0) is 14.1. The predicted molar refractivity (Wildman–Crippen MR) is 67.6 cm³/mol. The van der Waals surface area contributed by atoms with Crippen LogP contribution in [0.5, 0.6) is 0 Å². The van der Waals surface area contributed by atoms with Crippen LogP contribution in [0.2, 0.25) is 0 Å². The van der Waals surface area contributed by atoms with Crippen molar-refractivity contribution in [2.45, 2.75) is 25.7 Å². The zero-order valence-corrected chi connectivity index (χ0v) is 10.9. The maximum absolute atomic E-state index is 11.3. The highest BCUT2D eigenvalue weighted by Gasteiger charge is 2.41. The van der Waals surface area contributed by atoms with Crippen molar-refractivity contribution >= 4 is 5.97 Å². The summed E-state index contributed by atoms with van der Waals surface area (Å²) in [6, 6.07) is 1.70. The summed E-state index contributed by atoms with van der Waals surface area (Å²) in [5.41, 5.74) is 0. The molecule has 2 aromatic rings. The minimum Gasteiger partial charge on any atom is -0.481 e. The Morgan fingerprint density at radius 1 is 1.30 bits per heavy atom. The van der Waals surface area contributed by atoms with Crippen LogP contribution in [0.25, 0.3) is 11.6 Å². The Balaban J connectivity index is 1.88. The smallest absolute Gasteiger partial charge is 0.307 e. The topological polar surface area (TPSA) is 102 Å². The maximum Gasteiger partial charge on any atom is 0.307 e. The summed E-state index contributed by atoms with van der Waals surface area (Å²) in [5.74, 6) is -0.129. The van der Waals surface area contributed by atoms with Gasteiger partial charge in [-0.05, 0) is 24.8 Å². The van der Waals surface area contributed by atoms with Gasteiger partial charge in [0.25, 0.3) is 0 Å². The third kappa shape index (κ3) is 2.26. The summed E-state index contributed by atoms with van der Waals surface area (Å²) in [6.45, 7) is 2.04. The van der Waals surface area contributed by atoms with Crippen LogP contribution in [0.3, 0.4) is 0 Å². The second-order valence-electron chi connectivity index (χ2n) is 5.16. The average Bonchev–Trinajstić information content (AvgIpc) is 3.06. The van der Waals surface area contributed by atoms with Crippen molar-refractivity contribution in [2.24, 2.45) is 11.8 Å². The Hall–Kier alpha value is -2.31. The predicted octanol–water partition coefficient (Wildman–Crippen LogP) is 1.74. The highest BCUT2D eigenvalue weighted by atomic mass is 16.5. The van der Waals surface area contributed by atoms with Crippen LogP contribution in [0.4, 0.5) is 0 Å². The van der Waals surface area contributed by atoms with Crippen LogP contribution in [-0.4, -0.2) is 31.2 Å². The fourth-order valence-corrected chi connectivity index (χ4v) is 2.73. The van der Waals surface area contributed by atoms with Gasteiger partial charge in [0.2, 0.25) is 17.5 Å².